The Morgan fingerprint density at radius 3 is 2.81 bits per heavy atom. The van der Waals surface area contributed by atoms with Gasteiger partial charge in [0.05, 0.1) is 24.9 Å². The Hall–Kier alpha value is -1.20. The fraction of sp³-hybridized carbons (Fsp3) is 0.471. The Bertz CT molecular complexity index is 716. The first-order chi connectivity index (χ1) is 12.0. The normalized spacial score (nSPS) is 12.2. The average Bonchev–Trinajstić information content (AvgIpc) is 3.22. The number of esters is 1. The SMILES string of the molecule is CCNC(=NCc1cccs1)NC(C)c1nc(C)c(C(=O)OCC)s1.I. The zero-order valence-electron chi connectivity index (χ0n) is 15.4. The van der Waals surface area contributed by atoms with E-state index in [-0.39, 0.29) is 36.0 Å². The first-order valence-electron chi connectivity index (χ1n) is 8.26. The summed E-state index contributed by atoms with van der Waals surface area (Å²) < 4.78 is 5.08. The van der Waals surface area contributed by atoms with Crippen molar-refractivity contribution in [2.75, 3.05) is 13.2 Å². The van der Waals surface area contributed by atoms with Gasteiger partial charge in [-0.3, -0.25) is 0 Å². The van der Waals surface area contributed by atoms with Crippen LogP contribution in [0.15, 0.2) is 22.5 Å². The summed E-state index contributed by atoms with van der Waals surface area (Å²) in [5, 5.41) is 9.47. The molecular weight excluding hydrogens is 483 g/mol. The number of aromatic nitrogens is 1. The van der Waals surface area contributed by atoms with Crippen LogP contribution >= 0.6 is 46.7 Å². The van der Waals surface area contributed by atoms with Gasteiger partial charge in [-0.05, 0) is 39.1 Å². The highest BCUT2D eigenvalue weighted by Gasteiger charge is 2.20. The van der Waals surface area contributed by atoms with E-state index in [1.54, 1.807) is 18.3 Å². The molecule has 1 unspecified atom stereocenters. The number of nitrogens with one attached hydrogen (secondary N) is 2. The zero-order chi connectivity index (χ0) is 18.2. The fourth-order valence-corrected chi connectivity index (χ4v) is 3.73. The quantitative estimate of drug-likeness (QED) is 0.255. The number of thiophene rings is 1. The van der Waals surface area contributed by atoms with Gasteiger partial charge in [-0.2, -0.15) is 0 Å². The second kappa shape index (κ2) is 11.5. The van der Waals surface area contributed by atoms with Crippen LogP contribution in [-0.2, 0) is 11.3 Å². The van der Waals surface area contributed by atoms with Crippen LogP contribution in [0, 0.1) is 6.92 Å². The number of carbonyl (C=O) groups is 1. The number of guanidine groups is 1. The van der Waals surface area contributed by atoms with E-state index >= 15 is 0 Å². The molecule has 0 bridgehead atoms. The Morgan fingerprint density at radius 1 is 1.42 bits per heavy atom. The van der Waals surface area contributed by atoms with Gasteiger partial charge in [-0.25, -0.2) is 14.8 Å². The monoisotopic (exact) mass is 508 g/mol. The Morgan fingerprint density at radius 2 is 2.19 bits per heavy atom. The van der Waals surface area contributed by atoms with Crippen LogP contribution in [0.5, 0.6) is 0 Å². The largest absolute Gasteiger partial charge is 0.462 e. The minimum atomic E-state index is -0.311. The summed E-state index contributed by atoms with van der Waals surface area (Å²) in [5.74, 6) is 0.420. The van der Waals surface area contributed by atoms with Crippen LogP contribution in [0.4, 0.5) is 0 Å². The molecule has 0 spiro atoms. The topological polar surface area (TPSA) is 75.6 Å². The first kappa shape index (κ1) is 22.8. The van der Waals surface area contributed by atoms with Gasteiger partial charge in [-0.1, -0.05) is 6.07 Å². The molecule has 0 aliphatic heterocycles. The van der Waals surface area contributed by atoms with Crippen molar-refractivity contribution in [3.05, 3.63) is 38.0 Å². The van der Waals surface area contributed by atoms with Crippen LogP contribution in [0.25, 0.3) is 0 Å². The molecule has 26 heavy (non-hydrogen) atoms. The summed E-state index contributed by atoms with van der Waals surface area (Å²) in [6.07, 6.45) is 0. The van der Waals surface area contributed by atoms with Gasteiger partial charge in [0.15, 0.2) is 5.96 Å². The lowest BCUT2D eigenvalue weighted by Gasteiger charge is -2.15. The van der Waals surface area contributed by atoms with Crippen molar-refractivity contribution >= 4 is 58.6 Å². The molecule has 144 valence electrons. The van der Waals surface area contributed by atoms with Gasteiger partial charge < -0.3 is 15.4 Å². The molecule has 0 saturated heterocycles. The van der Waals surface area contributed by atoms with E-state index in [2.05, 4.69) is 26.7 Å². The summed E-state index contributed by atoms with van der Waals surface area (Å²) in [7, 11) is 0. The maximum Gasteiger partial charge on any atom is 0.350 e. The van der Waals surface area contributed by atoms with E-state index in [1.807, 2.05) is 32.2 Å². The fourth-order valence-electron chi connectivity index (χ4n) is 2.13. The van der Waals surface area contributed by atoms with E-state index in [9.17, 15) is 4.79 Å². The van der Waals surface area contributed by atoms with E-state index in [0.29, 0.717) is 23.7 Å². The zero-order valence-corrected chi connectivity index (χ0v) is 19.3. The number of carbonyl (C=O) groups excluding carboxylic acids is 1. The number of hydrogen-bond donors (Lipinski definition) is 2. The third-order valence-electron chi connectivity index (χ3n) is 3.31. The van der Waals surface area contributed by atoms with Crippen molar-refractivity contribution in [3.8, 4) is 0 Å². The van der Waals surface area contributed by atoms with Crippen molar-refractivity contribution in [1.82, 2.24) is 15.6 Å². The lowest BCUT2D eigenvalue weighted by atomic mass is 10.3. The molecule has 0 amide bonds. The van der Waals surface area contributed by atoms with Crippen molar-refractivity contribution in [1.29, 1.82) is 0 Å². The van der Waals surface area contributed by atoms with Crippen LogP contribution in [0.3, 0.4) is 0 Å². The standard InChI is InChI=1S/C17H24N4O2S2.HI/c1-5-18-17(19-10-13-8-7-9-24-13)21-12(4)15-20-11(3)14(25-15)16(22)23-6-2;/h7-9,12H,5-6,10H2,1-4H3,(H2,18,19,21);1H. The molecular formula is C17H25IN4O2S2. The van der Waals surface area contributed by atoms with Crippen LogP contribution in [0.2, 0.25) is 0 Å². The maximum atomic E-state index is 12.0. The van der Waals surface area contributed by atoms with Gasteiger partial charge >= 0.3 is 5.97 Å². The second-order valence-electron chi connectivity index (χ2n) is 5.33. The number of nitrogens with zero attached hydrogens (tertiary/aromatic N) is 2. The highest BCUT2D eigenvalue weighted by Crippen LogP contribution is 2.24. The number of hydrogen-bond acceptors (Lipinski definition) is 6. The number of rotatable bonds is 7. The predicted octanol–water partition coefficient (Wildman–Crippen LogP) is 4.12. The van der Waals surface area contributed by atoms with Gasteiger partial charge in [0, 0.05) is 11.4 Å². The molecule has 2 N–H and O–H groups in total. The molecule has 2 heterocycles. The van der Waals surface area contributed by atoms with E-state index in [4.69, 9.17) is 4.74 Å². The predicted molar refractivity (Wildman–Crippen MR) is 119 cm³/mol. The lowest BCUT2D eigenvalue weighted by molar-refractivity contribution is 0.0531. The molecule has 2 aromatic rings. The molecule has 6 nitrogen and oxygen atoms in total. The number of ether oxygens (including phenoxy) is 1. The molecule has 0 fully saturated rings. The van der Waals surface area contributed by atoms with Crippen molar-refractivity contribution in [3.63, 3.8) is 0 Å². The molecule has 0 aliphatic rings. The minimum Gasteiger partial charge on any atom is -0.462 e. The number of aryl methyl sites for hydroxylation is 1. The first-order valence-corrected chi connectivity index (χ1v) is 9.96. The highest BCUT2D eigenvalue weighted by atomic mass is 127. The van der Waals surface area contributed by atoms with Gasteiger partial charge in [0.2, 0.25) is 0 Å². The van der Waals surface area contributed by atoms with E-state index in [1.165, 1.54) is 16.2 Å². The summed E-state index contributed by atoms with van der Waals surface area (Å²) in [4.78, 5) is 22.8. The summed E-state index contributed by atoms with van der Waals surface area (Å²) >= 11 is 3.05. The Kier molecular flexibility index (Phi) is 10.1. The minimum absolute atomic E-state index is 0. The van der Waals surface area contributed by atoms with Gasteiger partial charge in [-0.15, -0.1) is 46.7 Å². The molecule has 0 radical (unpaired) electrons. The smallest absolute Gasteiger partial charge is 0.350 e. The third kappa shape index (κ3) is 6.51. The Labute approximate surface area is 179 Å². The molecule has 1 atom stereocenters. The molecule has 9 heteroatoms. The molecule has 2 rings (SSSR count). The number of thiazole rings is 1. The lowest BCUT2D eigenvalue weighted by Crippen LogP contribution is -2.38. The summed E-state index contributed by atoms with van der Waals surface area (Å²) in [6, 6.07) is 4.03. The van der Waals surface area contributed by atoms with Crippen LogP contribution < -0.4 is 10.6 Å². The van der Waals surface area contributed by atoms with E-state index in [0.717, 1.165) is 17.5 Å². The number of halogens is 1. The molecule has 0 aliphatic carbocycles. The van der Waals surface area contributed by atoms with Crippen molar-refractivity contribution in [2.45, 2.75) is 40.3 Å². The molecule has 0 saturated carbocycles. The van der Waals surface area contributed by atoms with Crippen LogP contribution in [0.1, 0.15) is 52.1 Å². The van der Waals surface area contributed by atoms with Crippen LogP contribution in [-0.4, -0.2) is 30.1 Å². The molecule has 2 aromatic heterocycles. The van der Waals surface area contributed by atoms with E-state index < -0.39 is 0 Å². The third-order valence-corrected chi connectivity index (χ3v) is 5.50. The van der Waals surface area contributed by atoms with Gasteiger partial charge in [0.1, 0.15) is 9.88 Å². The highest BCUT2D eigenvalue weighted by molar-refractivity contribution is 14.0. The maximum absolute atomic E-state index is 12.0. The molecule has 0 aromatic carbocycles. The summed E-state index contributed by atoms with van der Waals surface area (Å²) in [6.45, 7) is 9.42. The van der Waals surface area contributed by atoms with Gasteiger partial charge in [0.25, 0.3) is 0 Å². The Balaban J connectivity index is 0.00000338. The number of aliphatic imine (C=N–C) groups is 1. The van der Waals surface area contributed by atoms with Crippen molar-refractivity contribution in [2.24, 2.45) is 4.99 Å². The summed E-state index contributed by atoms with van der Waals surface area (Å²) in [5.41, 5.74) is 0.702. The average molecular weight is 508 g/mol. The second-order valence-corrected chi connectivity index (χ2v) is 7.39. The van der Waals surface area contributed by atoms with Crippen molar-refractivity contribution < 1.29 is 9.53 Å².